The number of hydrogen-bond donors (Lipinski definition) is 3. The highest BCUT2D eigenvalue weighted by molar-refractivity contribution is 5.96. The lowest BCUT2D eigenvalue weighted by atomic mass is 9.91. The van der Waals surface area contributed by atoms with Gasteiger partial charge in [-0.1, -0.05) is 42.5 Å². The molecule has 258 valence electrons. The van der Waals surface area contributed by atoms with Gasteiger partial charge in [0, 0.05) is 44.5 Å². The van der Waals surface area contributed by atoms with Crippen LogP contribution in [0.25, 0.3) is 16.6 Å². The van der Waals surface area contributed by atoms with Gasteiger partial charge in [0.2, 0.25) is 5.88 Å². The molecule has 3 aromatic heterocycles. The molecule has 2 aromatic carbocycles. The second kappa shape index (κ2) is 15.6. The van der Waals surface area contributed by atoms with E-state index in [1.54, 1.807) is 22.8 Å². The summed E-state index contributed by atoms with van der Waals surface area (Å²) in [6, 6.07) is 24.6. The van der Waals surface area contributed by atoms with Crippen molar-refractivity contribution in [3.63, 3.8) is 0 Å². The maximum Gasteiger partial charge on any atom is 0.272 e. The Balaban J connectivity index is 0.929. The summed E-state index contributed by atoms with van der Waals surface area (Å²) in [5.41, 5.74) is 4.58. The van der Waals surface area contributed by atoms with E-state index >= 15 is 0 Å². The second-order valence-electron chi connectivity index (χ2n) is 13.1. The van der Waals surface area contributed by atoms with Gasteiger partial charge in [0.25, 0.3) is 11.8 Å². The standard InChI is InChI=1S/C39H42FN7O3/c40-30-24-35(37(48)43-31-13-15-32(16-14-31)44-38(49)36-25-33-7-1-2-20-47(33)45-36)39(42-26-30)50-34-8-3-6-29(23-34)28-11-9-27(10-12-28)5-4-19-46-21-17-41-18-22-46/h1-3,6-12,20,23-26,31-32,41H,4-5,13-19,21-22H2,(H,43,48)(H,44,49)/t31-,32-. The Kier molecular flexibility index (Phi) is 10.4. The first-order valence-corrected chi connectivity index (χ1v) is 17.5. The Labute approximate surface area is 291 Å². The molecule has 11 heteroatoms. The third kappa shape index (κ3) is 8.35. The monoisotopic (exact) mass is 675 g/mol. The zero-order valence-electron chi connectivity index (χ0n) is 28.0. The molecular formula is C39H42FN7O3. The summed E-state index contributed by atoms with van der Waals surface area (Å²) in [4.78, 5) is 32.9. The van der Waals surface area contributed by atoms with Crippen LogP contribution in [0.2, 0.25) is 0 Å². The van der Waals surface area contributed by atoms with E-state index in [1.165, 1.54) is 5.56 Å². The highest BCUT2D eigenvalue weighted by atomic mass is 19.1. The number of nitrogens with zero attached hydrogens (tertiary/aromatic N) is 4. The number of carbonyl (C=O) groups excluding carboxylic acids is 2. The van der Waals surface area contributed by atoms with Gasteiger partial charge in [0.1, 0.15) is 17.1 Å². The number of pyridine rings is 2. The van der Waals surface area contributed by atoms with Gasteiger partial charge in [-0.05, 0) is 98.2 Å². The normalized spacial score (nSPS) is 18.1. The topological polar surface area (TPSA) is 113 Å². The quantitative estimate of drug-likeness (QED) is 0.166. The lowest BCUT2D eigenvalue weighted by molar-refractivity contribution is 0.0887. The number of piperazine rings is 1. The van der Waals surface area contributed by atoms with Gasteiger partial charge in [0.15, 0.2) is 5.69 Å². The number of ether oxygens (including phenoxy) is 1. The van der Waals surface area contributed by atoms with Gasteiger partial charge in [-0.2, -0.15) is 5.10 Å². The third-order valence-electron chi connectivity index (χ3n) is 9.55. The van der Waals surface area contributed by atoms with Crippen molar-refractivity contribution in [2.24, 2.45) is 0 Å². The van der Waals surface area contributed by atoms with Crippen molar-refractivity contribution in [3.05, 3.63) is 114 Å². The van der Waals surface area contributed by atoms with Crippen LogP contribution in [-0.4, -0.2) is 76.1 Å². The number of fused-ring (bicyclic) bond motifs is 1. The summed E-state index contributed by atoms with van der Waals surface area (Å²) < 4.78 is 22.1. The van der Waals surface area contributed by atoms with Gasteiger partial charge in [-0.25, -0.2) is 13.9 Å². The summed E-state index contributed by atoms with van der Waals surface area (Å²) in [5.74, 6) is -0.755. The van der Waals surface area contributed by atoms with Crippen LogP contribution >= 0.6 is 0 Å². The van der Waals surface area contributed by atoms with Crippen molar-refractivity contribution >= 4 is 17.3 Å². The maximum atomic E-state index is 14.3. The molecule has 7 rings (SSSR count). The Morgan fingerprint density at radius 1 is 0.860 bits per heavy atom. The number of amides is 2. The predicted molar refractivity (Wildman–Crippen MR) is 190 cm³/mol. The number of aromatic nitrogens is 3. The minimum absolute atomic E-state index is 0.0268. The molecule has 1 saturated carbocycles. The van der Waals surface area contributed by atoms with Crippen molar-refractivity contribution in [2.45, 2.75) is 50.6 Å². The first-order chi connectivity index (χ1) is 24.5. The molecule has 0 unspecified atom stereocenters. The minimum Gasteiger partial charge on any atom is -0.438 e. The van der Waals surface area contributed by atoms with E-state index in [4.69, 9.17) is 4.74 Å². The van der Waals surface area contributed by atoms with E-state index in [9.17, 15) is 14.0 Å². The van der Waals surface area contributed by atoms with Crippen molar-refractivity contribution in [1.29, 1.82) is 0 Å². The molecular weight excluding hydrogens is 633 g/mol. The SMILES string of the molecule is O=C(N[C@H]1CC[C@H](NC(=O)c2cc(F)cnc2Oc2cccc(-c3ccc(CCCN4CCNCC4)cc3)c2)CC1)c1cc2ccccn2n1. The van der Waals surface area contributed by atoms with Gasteiger partial charge >= 0.3 is 0 Å². The molecule has 5 aromatic rings. The molecule has 1 aliphatic carbocycles. The molecule has 4 heterocycles. The van der Waals surface area contributed by atoms with E-state index in [2.05, 4.69) is 55.2 Å². The molecule has 2 fully saturated rings. The molecule has 0 atom stereocenters. The summed E-state index contributed by atoms with van der Waals surface area (Å²) in [6.45, 7) is 5.49. The zero-order valence-corrected chi connectivity index (χ0v) is 28.0. The number of carbonyl (C=O) groups is 2. The second-order valence-corrected chi connectivity index (χ2v) is 13.1. The van der Waals surface area contributed by atoms with Crippen molar-refractivity contribution in [2.75, 3.05) is 32.7 Å². The van der Waals surface area contributed by atoms with Gasteiger partial charge in [-0.3, -0.25) is 9.59 Å². The number of halogens is 1. The zero-order chi connectivity index (χ0) is 34.3. The Morgan fingerprint density at radius 2 is 1.62 bits per heavy atom. The largest absolute Gasteiger partial charge is 0.438 e. The highest BCUT2D eigenvalue weighted by Gasteiger charge is 2.26. The van der Waals surface area contributed by atoms with E-state index in [0.29, 0.717) is 37.1 Å². The number of nitrogens with one attached hydrogen (secondary N) is 3. The summed E-state index contributed by atoms with van der Waals surface area (Å²) >= 11 is 0. The molecule has 50 heavy (non-hydrogen) atoms. The van der Waals surface area contributed by atoms with Crippen LogP contribution in [0.4, 0.5) is 4.39 Å². The van der Waals surface area contributed by atoms with Crippen molar-refractivity contribution < 1.29 is 18.7 Å². The Morgan fingerprint density at radius 3 is 2.38 bits per heavy atom. The van der Waals surface area contributed by atoms with Gasteiger partial charge < -0.3 is 25.6 Å². The Bertz CT molecular complexity index is 1900. The average molecular weight is 676 g/mol. The molecule has 2 amide bonds. The molecule has 10 nitrogen and oxygen atoms in total. The van der Waals surface area contributed by atoms with Crippen molar-refractivity contribution in [3.8, 4) is 22.8 Å². The lowest BCUT2D eigenvalue weighted by Gasteiger charge is -2.29. The van der Waals surface area contributed by atoms with Gasteiger partial charge in [0.05, 0.1) is 11.7 Å². The van der Waals surface area contributed by atoms with E-state index in [1.807, 2.05) is 36.4 Å². The molecule has 2 aliphatic rings. The molecule has 0 radical (unpaired) electrons. The van der Waals surface area contributed by atoms with Crippen LogP contribution in [0.3, 0.4) is 0 Å². The summed E-state index contributed by atoms with van der Waals surface area (Å²) in [5, 5.41) is 13.9. The van der Waals surface area contributed by atoms with Crippen LogP contribution in [0.1, 0.15) is 58.5 Å². The molecule has 0 spiro atoms. The fraction of sp³-hybridized carbons (Fsp3) is 0.333. The summed E-state index contributed by atoms with van der Waals surface area (Å²) in [7, 11) is 0. The van der Waals surface area contributed by atoms with Crippen LogP contribution in [0.5, 0.6) is 11.6 Å². The number of benzene rings is 2. The fourth-order valence-electron chi connectivity index (χ4n) is 6.78. The van der Waals surface area contributed by atoms with Crippen LogP contribution in [0.15, 0.2) is 91.3 Å². The van der Waals surface area contributed by atoms with Crippen molar-refractivity contribution in [1.82, 2.24) is 35.4 Å². The average Bonchev–Trinajstić information content (AvgIpc) is 3.59. The number of aryl methyl sites for hydroxylation is 1. The van der Waals surface area contributed by atoms with Crippen LogP contribution < -0.4 is 20.7 Å². The first kappa shape index (κ1) is 33.4. The smallest absolute Gasteiger partial charge is 0.272 e. The fourth-order valence-corrected chi connectivity index (χ4v) is 6.78. The first-order valence-electron chi connectivity index (χ1n) is 17.5. The van der Waals surface area contributed by atoms with Gasteiger partial charge in [-0.15, -0.1) is 0 Å². The highest BCUT2D eigenvalue weighted by Crippen LogP contribution is 2.29. The summed E-state index contributed by atoms with van der Waals surface area (Å²) in [6.07, 6.45) is 7.74. The van der Waals surface area contributed by atoms with Crippen LogP contribution in [0, 0.1) is 5.82 Å². The maximum absolute atomic E-state index is 14.3. The molecule has 1 saturated heterocycles. The third-order valence-corrected chi connectivity index (χ3v) is 9.55. The molecule has 1 aliphatic heterocycles. The van der Waals surface area contributed by atoms with E-state index in [0.717, 1.165) is 74.5 Å². The lowest BCUT2D eigenvalue weighted by Crippen LogP contribution is -2.44. The number of rotatable bonds is 11. The van der Waals surface area contributed by atoms with E-state index < -0.39 is 11.7 Å². The minimum atomic E-state index is -0.623. The molecule has 3 N–H and O–H groups in total. The Hall–Kier alpha value is -5.13. The predicted octanol–water partition coefficient (Wildman–Crippen LogP) is 5.64. The molecule has 0 bridgehead atoms. The van der Waals surface area contributed by atoms with Crippen LogP contribution in [-0.2, 0) is 6.42 Å². The van der Waals surface area contributed by atoms with E-state index in [-0.39, 0.29) is 29.4 Å². The number of hydrogen-bond acceptors (Lipinski definition) is 7.